The normalized spacial score (nSPS) is 16.2. The molecular formula is C18H30N4O. The van der Waals surface area contributed by atoms with Gasteiger partial charge in [-0.25, -0.2) is 4.98 Å². The van der Waals surface area contributed by atoms with Gasteiger partial charge in [0, 0.05) is 64.5 Å². The average Bonchev–Trinajstić information content (AvgIpc) is 2.86. The van der Waals surface area contributed by atoms with E-state index in [1.165, 1.54) is 5.57 Å². The van der Waals surface area contributed by atoms with Crippen molar-refractivity contribution in [1.82, 2.24) is 19.4 Å². The number of aryl methyl sites for hydroxylation is 2. The summed E-state index contributed by atoms with van der Waals surface area (Å²) in [6, 6.07) is 0. The monoisotopic (exact) mass is 318 g/mol. The molecule has 5 nitrogen and oxygen atoms in total. The molecule has 0 bridgehead atoms. The van der Waals surface area contributed by atoms with E-state index in [0.29, 0.717) is 6.42 Å². The van der Waals surface area contributed by atoms with Gasteiger partial charge in [-0.15, -0.1) is 0 Å². The SMILES string of the molecule is CCc1nccn1CCC(=O)N1CCCN(CC=C(C)C)CC1. The van der Waals surface area contributed by atoms with Gasteiger partial charge in [-0.05, 0) is 20.3 Å². The van der Waals surface area contributed by atoms with E-state index in [1.54, 1.807) is 0 Å². The number of imidazole rings is 1. The first-order valence-electron chi connectivity index (χ1n) is 8.73. The third-order valence-corrected chi connectivity index (χ3v) is 4.38. The maximum absolute atomic E-state index is 12.5. The van der Waals surface area contributed by atoms with Gasteiger partial charge in [0.1, 0.15) is 5.82 Å². The zero-order valence-electron chi connectivity index (χ0n) is 14.8. The van der Waals surface area contributed by atoms with Gasteiger partial charge in [0.25, 0.3) is 0 Å². The summed E-state index contributed by atoms with van der Waals surface area (Å²) in [6.45, 7) is 11.9. The van der Waals surface area contributed by atoms with Gasteiger partial charge in [0.15, 0.2) is 0 Å². The fraction of sp³-hybridized carbons (Fsp3) is 0.667. The third-order valence-electron chi connectivity index (χ3n) is 4.38. The highest BCUT2D eigenvalue weighted by Gasteiger charge is 2.18. The van der Waals surface area contributed by atoms with Crippen molar-refractivity contribution in [3.63, 3.8) is 0 Å². The molecule has 0 saturated carbocycles. The molecule has 0 radical (unpaired) electrons. The molecule has 0 aromatic carbocycles. The number of allylic oxidation sites excluding steroid dienone is 1. The van der Waals surface area contributed by atoms with Crippen molar-refractivity contribution in [3.8, 4) is 0 Å². The number of hydrogen-bond donors (Lipinski definition) is 0. The number of amides is 1. The second kappa shape index (κ2) is 8.87. The first-order chi connectivity index (χ1) is 11.1. The summed E-state index contributed by atoms with van der Waals surface area (Å²) in [5.74, 6) is 1.33. The molecule has 1 fully saturated rings. The number of nitrogens with zero attached hydrogens (tertiary/aromatic N) is 4. The molecule has 0 spiro atoms. The van der Waals surface area contributed by atoms with Crippen molar-refractivity contribution in [2.75, 3.05) is 32.7 Å². The van der Waals surface area contributed by atoms with Crippen molar-refractivity contribution < 1.29 is 4.79 Å². The van der Waals surface area contributed by atoms with Crippen LogP contribution in [-0.4, -0.2) is 58.0 Å². The Hall–Kier alpha value is -1.62. The second-order valence-corrected chi connectivity index (χ2v) is 6.46. The standard InChI is InChI=1S/C18H30N4O/c1-4-17-19-8-13-21(17)12-7-18(23)22-10-5-9-20(14-15-22)11-6-16(2)3/h6,8,13H,4-5,7,9-12,14-15H2,1-3H3. The first-order valence-corrected chi connectivity index (χ1v) is 8.73. The minimum absolute atomic E-state index is 0.268. The van der Waals surface area contributed by atoms with Crippen molar-refractivity contribution in [3.05, 3.63) is 29.9 Å². The summed E-state index contributed by atoms with van der Waals surface area (Å²) in [5.41, 5.74) is 1.36. The van der Waals surface area contributed by atoms with Crippen LogP contribution in [0.1, 0.15) is 39.4 Å². The molecule has 1 saturated heterocycles. The summed E-state index contributed by atoms with van der Waals surface area (Å²) >= 11 is 0. The van der Waals surface area contributed by atoms with Gasteiger partial charge in [-0.2, -0.15) is 0 Å². The number of hydrogen-bond acceptors (Lipinski definition) is 3. The molecule has 2 rings (SSSR count). The molecule has 1 aliphatic rings. The van der Waals surface area contributed by atoms with Crippen molar-refractivity contribution in [2.24, 2.45) is 0 Å². The summed E-state index contributed by atoms with van der Waals surface area (Å²) in [4.78, 5) is 21.3. The minimum atomic E-state index is 0.268. The van der Waals surface area contributed by atoms with E-state index >= 15 is 0 Å². The lowest BCUT2D eigenvalue weighted by Crippen LogP contribution is -2.35. The Bertz CT molecular complexity index is 531. The van der Waals surface area contributed by atoms with Crippen LogP contribution in [0.3, 0.4) is 0 Å². The minimum Gasteiger partial charge on any atom is -0.341 e. The fourth-order valence-electron chi connectivity index (χ4n) is 2.95. The van der Waals surface area contributed by atoms with Crippen LogP contribution in [0.2, 0.25) is 0 Å². The van der Waals surface area contributed by atoms with Crippen LogP contribution < -0.4 is 0 Å². The number of rotatable bonds is 6. The highest BCUT2D eigenvalue weighted by atomic mass is 16.2. The lowest BCUT2D eigenvalue weighted by atomic mass is 10.3. The van der Waals surface area contributed by atoms with Crippen LogP contribution >= 0.6 is 0 Å². The van der Waals surface area contributed by atoms with Crippen LogP contribution in [0.15, 0.2) is 24.0 Å². The van der Waals surface area contributed by atoms with Gasteiger partial charge in [-0.3, -0.25) is 9.69 Å². The van der Waals surface area contributed by atoms with Gasteiger partial charge in [0.05, 0.1) is 0 Å². The van der Waals surface area contributed by atoms with E-state index in [1.807, 2.05) is 17.3 Å². The second-order valence-electron chi connectivity index (χ2n) is 6.46. The lowest BCUT2D eigenvalue weighted by Gasteiger charge is -2.21. The maximum atomic E-state index is 12.5. The summed E-state index contributed by atoms with van der Waals surface area (Å²) in [7, 11) is 0. The number of carbonyl (C=O) groups excluding carboxylic acids is 1. The van der Waals surface area contributed by atoms with Crippen LogP contribution in [0.4, 0.5) is 0 Å². The van der Waals surface area contributed by atoms with Crippen molar-refractivity contribution >= 4 is 5.91 Å². The Morgan fingerprint density at radius 2 is 2.09 bits per heavy atom. The van der Waals surface area contributed by atoms with Crippen molar-refractivity contribution in [1.29, 1.82) is 0 Å². The average molecular weight is 318 g/mol. The topological polar surface area (TPSA) is 41.4 Å². The lowest BCUT2D eigenvalue weighted by molar-refractivity contribution is -0.131. The maximum Gasteiger partial charge on any atom is 0.224 e. The Morgan fingerprint density at radius 1 is 1.26 bits per heavy atom. The molecule has 128 valence electrons. The smallest absolute Gasteiger partial charge is 0.224 e. The molecule has 1 aliphatic heterocycles. The summed E-state index contributed by atoms with van der Waals surface area (Å²) < 4.78 is 2.09. The van der Waals surface area contributed by atoms with Gasteiger partial charge in [0.2, 0.25) is 5.91 Å². The fourth-order valence-corrected chi connectivity index (χ4v) is 2.95. The Labute approximate surface area is 140 Å². The molecule has 1 amide bonds. The molecular weight excluding hydrogens is 288 g/mol. The third kappa shape index (κ3) is 5.50. The van der Waals surface area contributed by atoms with Crippen LogP contribution in [0.5, 0.6) is 0 Å². The van der Waals surface area contributed by atoms with Crippen LogP contribution in [-0.2, 0) is 17.8 Å². The molecule has 1 aromatic heterocycles. The predicted octanol–water partition coefficient (Wildman–Crippen LogP) is 2.34. The molecule has 0 unspecified atom stereocenters. The highest BCUT2D eigenvalue weighted by Crippen LogP contribution is 2.07. The van der Waals surface area contributed by atoms with Gasteiger partial charge >= 0.3 is 0 Å². The molecule has 0 N–H and O–H groups in total. The zero-order valence-corrected chi connectivity index (χ0v) is 14.8. The van der Waals surface area contributed by atoms with E-state index in [-0.39, 0.29) is 5.91 Å². The van der Waals surface area contributed by atoms with Crippen LogP contribution in [0, 0.1) is 0 Å². The van der Waals surface area contributed by atoms with E-state index in [9.17, 15) is 4.79 Å². The van der Waals surface area contributed by atoms with E-state index < -0.39 is 0 Å². The highest BCUT2D eigenvalue weighted by molar-refractivity contribution is 5.76. The number of aromatic nitrogens is 2. The quantitative estimate of drug-likeness (QED) is 0.756. The van der Waals surface area contributed by atoms with Gasteiger partial charge < -0.3 is 9.47 Å². The molecule has 1 aromatic rings. The van der Waals surface area contributed by atoms with E-state index in [0.717, 1.165) is 57.9 Å². The predicted molar refractivity (Wildman–Crippen MR) is 93.3 cm³/mol. The summed E-state index contributed by atoms with van der Waals surface area (Å²) in [6.07, 6.45) is 8.59. The largest absolute Gasteiger partial charge is 0.341 e. The Kier molecular flexibility index (Phi) is 6.84. The zero-order chi connectivity index (χ0) is 16.7. The van der Waals surface area contributed by atoms with Crippen molar-refractivity contribution in [2.45, 2.75) is 46.6 Å². The molecule has 5 heteroatoms. The first kappa shape index (κ1) is 17.7. The molecule has 23 heavy (non-hydrogen) atoms. The van der Waals surface area contributed by atoms with Gasteiger partial charge in [-0.1, -0.05) is 18.6 Å². The van der Waals surface area contributed by atoms with E-state index in [2.05, 4.69) is 41.3 Å². The molecule has 0 aliphatic carbocycles. The molecule has 2 heterocycles. The molecule has 0 atom stereocenters. The summed E-state index contributed by atoms with van der Waals surface area (Å²) in [5, 5.41) is 0. The van der Waals surface area contributed by atoms with Crippen LogP contribution in [0.25, 0.3) is 0 Å². The Morgan fingerprint density at radius 3 is 2.83 bits per heavy atom. The number of carbonyl (C=O) groups is 1. The van der Waals surface area contributed by atoms with E-state index in [4.69, 9.17) is 0 Å². The Balaban J connectivity index is 1.80.